The summed E-state index contributed by atoms with van der Waals surface area (Å²) >= 11 is 1.64. The fourth-order valence-corrected chi connectivity index (χ4v) is 3.05. The van der Waals surface area contributed by atoms with Gasteiger partial charge in [-0.1, -0.05) is 42.5 Å². The highest BCUT2D eigenvalue weighted by atomic mass is 32.1. The van der Waals surface area contributed by atoms with E-state index in [2.05, 4.69) is 64.9 Å². The first kappa shape index (κ1) is 13.2. The summed E-state index contributed by atoms with van der Waals surface area (Å²) in [6.07, 6.45) is 0. The highest BCUT2D eigenvalue weighted by molar-refractivity contribution is 7.11. The van der Waals surface area contributed by atoms with Crippen molar-refractivity contribution in [3.8, 4) is 0 Å². The van der Waals surface area contributed by atoms with E-state index in [1.54, 1.807) is 11.3 Å². The second-order valence-corrected chi connectivity index (χ2v) is 6.15. The molecule has 3 nitrogen and oxygen atoms in total. The lowest BCUT2D eigenvalue weighted by molar-refractivity contribution is 0.574. The third kappa shape index (κ3) is 2.71. The van der Waals surface area contributed by atoms with Crippen molar-refractivity contribution in [1.29, 1.82) is 0 Å². The Hall–Kier alpha value is -1.78. The molecule has 0 saturated carbocycles. The molecule has 1 N–H and O–H groups in total. The molecule has 0 aliphatic rings. The van der Waals surface area contributed by atoms with Crippen LogP contribution in [0.4, 0.5) is 0 Å². The molecule has 1 heterocycles. The van der Waals surface area contributed by atoms with Crippen LogP contribution in [0.25, 0.3) is 10.8 Å². The molecule has 0 radical (unpaired) electrons. The Balaban J connectivity index is 1.80. The Labute approximate surface area is 122 Å². The van der Waals surface area contributed by atoms with Gasteiger partial charge < -0.3 is 5.32 Å². The summed E-state index contributed by atoms with van der Waals surface area (Å²) in [6, 6.07) is 15.2. The van der Waals surface area contributed by atoms with Crippen molar-refractivity contribution < 1.29 is 0 Å². The second-order valence-electron chi connectivity index (χ2n) is 4.89. The van der Waals surface area contributed by atoms with Crippen molar-refractivity contribution in [3.63, 3.8) is 0 Å². The molecule has 0 aliphatic heterocycles. The van der Waals surface area contributed by atoms with Crippen molar-refractivity contribution in [2.75, 3.05) is 0 Å². The van der Waals surface area contributed by atoms with Crippen LogP contribution in [0.3, 0.4) is 0 Å². The lowest BCUT2D eigenvalue weighted by Gasteiger charge is -2.15. The van der Waals surface area contributed by atoms with Gasteiger partial charge in [-0.2, -0.15) is 0 Å². The smallest absolute Gasteiger partial charge is 0.131 e. The Morgan fingerprint density at radius 3 is 2.70 bits per heavy atom. The molecule has 3 aromatic rings. The van der Waals surface area contributed by atoms with Gasteiger partial charge in [0.2, 0.25) is 0 Å². The summed E-state index contributed by atoms with van der Waals surface area (Å²) in [7, 11) is 0. The first-order valence-electron chi connectivity index (χ1n) is 6.74. The van der Waals surface area contributed by atoms with Gasteiger partial charge in [-0.05, 0) is 30.2 Å². The third-order valence-corrected chi connectivity index (χ3v) is 4.26. The van der Waals surface area contributed by atoms with Crippen LogP contribution in [0, 0.1) is 6.92 Å². The van der Waals surface area contributed by atoms with E-state index in [1.165, 1.54) is 16.3 Å². The van der Waals surface area contributed by atoms with Crippen molar-refractivity contribution >= 4 is 22.1 Å². The number of hydrogen-bond donors (Lipinski definition) is 1. The molecule has 4 heteroatoms. The number of aryl methyl sites for hydroxylation is 1. The van der Waals surface area contributed by atoms with Crippen LogP contribution in [-0.2, 0) is 6.54 Å². The molecule has 1 atom stereocenters. The maximum absolute atomic E-state index is 4.15. The zero-order valence-corrected chi connectivity index (χ0v) is 12.4. The van der Waals surface area contributed by atoms with Gasteiger partial charge >= 0.3 is 0 Å². The van der Waals surface area contributed by atoms with Gasteiger partial charge in [-0.25, -0.2) is 0 Å². The van der Waals surface area contributed by atoms with Gasteiger partial charge in [0.05, 0.1) is 6.54 Å². The fourth-order valence-electron chi connectivity index (χ4n) is 2.39. The molecule has 0 amide bonds. The Morgan fingerprint density at radius 2 is 1.90 bits per heavy atom. The van der Waals surface area contributed by atoms with Crippen LogP contribution in [0.2, 0.25) is 0 Å². The summed E-state index contributed by atoms with van der Waals surface area (Å²) in [6.45, 7) is 4.93. The first-order chi connectivity index (χ1) is 9.74. The minimum Gasteiger partial charge on any atom is -0.304 e. The lowest BCUT2D eigenvalue weighted by Crippen LogP contribution is -2.18. The Morgan fingerprint density at radius 1 is 1.10 bits per heavy atom. The average Bonchev–Trinajstić information content (AvgIpc) is 2.90. The molecule has 0 fully saturated rings. The van der Waals surface area contributed by atoms with Crippen LogP contribution in [0.1, 0.15) is 28.5 Å². The van der Waals surface area contributed by atoms with E-state index in [1.807, 2.05) is 6.92 Å². The summed E-state index contributed by atoms with van der Waals surface area (Å²) in [5, 5.41) is 16.4. The molecule has 102 valence electrons. The summed E-state index contributed by atoms with van der Waals surface area (Å²) < 4.78 is 0. The number of aromatic nitrogens is 2. The molecule has 2 aromatic carbocycles. The number of hydrogen-bond acceptors (Lipinski definition) is 4. The largest absolute Gasteiger partial charge is 0.304 e. The minimum absolute atomic E-state index is 0.283. The van der Waals surface area contributed by atoms with Crippen LogP contribution >= 0.6 is 11.3 Å². The number of nitrogens with one attached hydrogen (secondary N) is 1. The van der Waals surface area contributed by atoms with Crippen molar-refractivity contribution in [1.82, 2.24) is 15.5 Å². The predicted octanol–water partition coefficient (Wildman–Crippen LogP) is 3.85. The van der Waals surface area contributed by atoms with E-state index in [4.69, 9.17) is 0 Å². The molecule has 0 bridgehead atoms. The van der Waals surface area contributed by atoms with E-state index in [0.29, 0.717) is 0 Å². The Kier molecular flexibility index (Phi) is 3.76. The summed E-state index contributed by atoms with van der Waals surface area (Å²) in [5.41, 5.74) is 1.32. The summed E-state index contributed by atoms with van der Waals surface area (Å²) in [5.74, 6) is 0. The Bertz CT molecular complexity index is 715. The number of benzene rings is 2. The van der Waals surface area contributed by atoms with Gasteiger partial charge in [-0.3, -0.25) is 0 Å². The van der Waals surface area contributed by atoms with Crippen molar-refractivity contribution in [3.05, 3.63) is 58.0 Å². The van der Waals surface area contributed by atoms with Crippen molar-refractivity contribution in [2.45, 2.75) is 26.4 Å². The quantitative estimate of drug-likeness (QED) is 0.790. The lowest BCUT2D eigenvalue weighted by atomic mass is 10.00. The zero-order chi connectivity index (χ0) is 13.9. The molecule has 0 saturated heterocycles. The van der Waals surface area contributed by atoms with Crippen LogP contribution in [-0.4, -0.2) is 10.2 Å². The van der Waals surface area contributed by atoms with E-state index in [0.717, 1.165) is 16.6 Å². The van der Waals surface area contributed by atoms with Crippen LogP contribution in [0.5, 0.6) is 0 Å². The van der Waals surface area contributed by atoms with E-state index in [9.17, 15) is 0 Å². The third-order valence-electron chi connectivity index (χ3n) is 3.42. The molecular weight excluding hydrogens is 266 g/mol. The first-order valence-corrected chi connectivity index (χ1v) is 7.56. The van der Waals surface area contributed by atoms with Gasteiger partial charge in [0.15, 0.2) is 0 Å². The normalized spacial score (nSPS) is 12.7. The molecule has 0 aliphatic carbocycles. The maximum Gasteiger partial charge on any atom is 0.131 e. The average molecular weight is 283 g/mol. The topological polar surface area (TPSA) is 37.8 Å². The number of rotatable bonds is 4. The molecular formula is C16H17N3S. The van der Waals surface area contributed by atoms with Crippen molar-refractivity contribution in [2.24, 2.45) is 0 Å². The molecule has 0 unspecified atom stereocenters. The van der Waals surface area contributed by atoms with E-state index in [-0.39, 0.29) is 6.04 Å². The predicted molar refractivity (Wildman–Crippen MR) is 83.8 cm³/mol. The van der Waals surface area contributed by atoms with Gasteiger partial charge in [0.25, 0.3) is 0 Å². The van der Waals surface area contributed by atoms with Gasteiger partial charge in [0.1, 0.15) is 10.0 Å². The SMILES string of the molecule is Cc1nnc(CN[C@H](C)c2cccc3ccccc23)s1. The molecule has 1 aromatic heterocycles. The molecule has 3 rings (SSSR count). The fraction of sp³-hybridized carbons (Fsp3) is 0.250. The standard InChI is InChI=1S/C16H17N3S/c1-11(17-10-16-19-18-12(2)20-16)14-9-5-7-13-6-3-4-8-15(13)14/h3-9,11,17H,10H2,1-2H3/t11-/m1/s1. The maximum atomic E-state index is 4.15. The highest BCUT2D eigenvalue weighted by Crippen LogP contribution is 2.24. The monoisotopic (exact) mass is 283 g/mol. The van der Waals surface area contributed by atoms with Gasteiger partial charge in [-0.15, -0.1) is 21.5 Å². The van der Waals surface area contributed by atoms with Gasteiger partial charge in [0, 0.05) is 6.04 Å². The second kappa shape index (κ2) is 5.69. The van der Waals surface area contributed by atoms with Crippen LogP contribution in [0.15, 0.2) is 42.5 Å². The molecule has 0 spiro atoms. The van der Waals surface area contributed by atoms with Crippen LogP contribution < -0.4 is 5.32 Å². The number of nitrogens with zero attached hydrogens (tertiary/aromatic N) is 2. The zero-order valence-electron chi connectivity index (χ0n) is 11.6. The highest BCUT2D eigenvalue weighted by Gasteiger charge is 2.09. The minimum atomic E-state index is 0.283. The van der Waals surface area contributed by atoms with E-state index < -0.39 is 0 Å². The molecule has 20 heavy (non-hydrogen) atoms. The summed E-state index contributed by atoms with van der Waals surface area (Å²) in [4.78, 5) is 0. The van der Waals surface area contributed by atoms with E-state index >= 15 is 0 Å². The number of fused-ring (bicyclic) bond motifs is 1.